The molecule has 2 aromatic rings. The maximum absolute atomic E-state index is 12.9. The van der Waals surface area contributed by atoms with Crippen molar-refractivity contribution >= 4 is 17.5 Å². The minimum absolute atomic E-state index is 0.134. The highest BCUT2D eigenvalue weighted by molar-refractivity contribution is 6.00. The zero-order valence-electron chi connectivity index (χ0n) is 11.8. The molecule has 2 heterocycles. The first-order valence-electron chi connectivity index (χ1n) is 6.99. The SMILES string of the molecule is O=C(NCc1ccco1)[C@@H]1CC(=O)N(c2ccc(F)cc2)C1. The Morgan fingerprint density at radius 1 is 1.32 bits per heavy atom. The number of halogens is 1. The van der Waals surface area contributed by atoms with Crippen LogP contribution in [0.15, 0.2) is 47.1 Å². The zero-order chi connectivity index (χ0) is 15.5. The number of carbonyl (C=O) groups excluding carboxylic acids is 2. The van der Waals surface area contributed by atoms with Crippen LogP contribution in [0.4, 0.5) is 10.1 Å². The van der Waals surface area contributed by atoms with E-state index in [0.717, 1.165) is 0 Å². The van der Waals surface area contributed by atoms with E-state index in [1.54, 1.807) is 12.1 Å². The summed E-state index contributed by atoms with van der Waals surface area (Å²) in [6.45, 7) is 0.599. The Kier molecular flexibility index (Phi) is 3.91. The molecule has 0 unspecified atom stereocenters. The van der Waals surface area contributed by atoms with Crippen molar-refractivity contribution in [3.05, 3.63) is 54.2 Å². The van der Waals surface area contributed by atoms with Crippen molar-refractivity contribution < 1.29 is 18.4 Å². The van der Waals surface area contributed by atoms with Crippen molar-refractivity contribution in [2.75, 3.05) is 11.4 Å². The second-order valence-electron chi connectivity index (χ2n) is 5.18. The first-order chi connectivity index (χ1) is 10.6. The van der Waals surface area contributed by atoms with Gasteiger partial charge in [0, 0.05) is 18.7 Å². The van der Waals surface area contributed by atoms with Crippen LogP contribution in [-0.2, 0) is 16.1 Å². The van der Waals surface area contributed by atoms with Crippen LogP contribution in [0.3, 0.4) is 0 Å². The van der Waals surface area contributed by atoms with Gasteiger partial charge in [0.15, 0.2) is 0 Å². The molecule has 1 aromatic heterocycles. The van der Waals surface area contributed by atoms with Gasteiger partial charge in [-0.3, -0.25) is 9.59 Å². The van der Waals surface area contributed by atoms with E-state index in [-0.39, 0.29) is 24.1 Å². The topological polar surface area (TPSA) is 62.6 Å². The number of rotatable bonds is 4. The van der Waals surface area contributed by atoms with E-state index in [1.165, 1.54) is 35.4 Å². The van der Waals surface area contributed by atoms with E-state index in [4.69, 9.17) is 4.42 Å². The molecule has 1 atom stereocenters. The van der Waals surface area contributed by atoms with Crippen LogP contribution in [0, 0.1) is 11.7 Å². The predicted molar refractivity (Wildman–Crippen MR) is 77.4 cm³/mol. The lowest BCUT2D eigenvalue weighted by atomic mass is 10.1. The van der Waals surface area contributed by atoms with Crippen molar-refractivity contribution in [1.29, 1.82) is 0 Å². The number of hydrogen-bond acceptors (Lipinski definition) is 3. The number of hydrogen-bond donors (Lipinski definition) is 1. The predicted octanol–water partition coefficient (Wildman–Crippen LogP) is 2.09. The number of nitrogens with one attached hydrogen (secondary N) is 1. The molecule has 1 fully saturated rings. The summed E-state index contributed by atoms with van der Waals surface area (Å²) in [5.41, 5.74) is 0.604. The Morgan fingerprint density at radius 3 is 2.77 bits per heavy atom. The van der Waals surface area contributed by atoms with Crippen molar-refractivity contribution in [2.45, 2.75) is 13.0 Å². The van der Waals surface area contributed by atoms with Crippen molar-refractivity contribution in [3.63, 3.8) is 0 Å². The van der Waals surface area contributed by atoms with E-state index in [1.807, 2.05) is 0 Å². The summed E-state index contributed by atoms with van der Waals surface area (Å²) in [6.07, 6.45) is 1.69. The highest BCUT2D eigenvalue weighted by Gasteiger charge is 2.35. The summed E-state index contributed by atoms with van der Waals surface area (Å²) in [4.78, 5) is 25.7. The van der Waals surface area contributed by atoms with Crippen LogP contribution in [-0.4, -0.2) is 18.4 Å². The lowest BCUT2D eigenvalue weighted by Crippen LogP contribution is -2.32. The third kappa shape index (κ3) is 3.00. The first-order valence-corrected chi connectivity index (χ1v) is 6.99. The average molecular weight is 302 g/mol. The number of carbonyl (C=O) groups is 2. The fraction of sp³-hybridized carbons (Fsp3) is 0.250. The van der Waals surface area contributed by atoms with Gasteiger partial charge in [-0.2, -0.15) is 0 Å². The minimum atomic E-state index is -0.410. The molecule has 1 aromatic carbocycles. The third-order valence-electron chi connectivity index (χ3n) is 3.65. The standard InChI is InChI=1S/C16H15FN2O3/c17-12-3-5-13(6-4-12)19-10-11(8-15(19)20)16(21)18-9-14-2-1-7-22-14/h1-7,11H,8-10H2,(H,18,21)/t11-/m1/s1. The molecule has 6 heteroatoms. The third-order valence-corrected chi connectivity index (χ3v) is 3.65. The van der Waals surface area contributed by atoms with Crippen molar-refractivity contribution in [1.82, 2.24) is 5.32 Å². The Labute approximate surface area is 126 Å². The molecule has 1 aliphatic rings. The van der Waals surface area contributed by atoms with Crippen molar-refractivity contribution in [3.8, 4) is 0 Å². The largest absolute Gasteiger partial charge is 0.467 e. The number of amides is 2. The van der Waals surface area contributed by atoms with E-state index in [2.05, 4.69) is 5.32 Å². The molecule has 1 N–H and O–H groups in total. The van der Waals surface area contributed by atoms with Gasteiger partial charge in [-0.25, -0.2) is 4.39 Å². The second kappa shape index (κ2) is 6.01. The Balaban J connectivity index is 1.61. The van der Waals surface area contributed by atoms with Gasteiger partial charge in [0.25, 0.3) is 0 Å². The molecule has 22 heavy (non-hydrogen) atoms. The van der Waals surface area contributed by atoms with Crippen LogP contribution in [0.5, 0.6) is 0 Å². The number of furan rings is 1. The molecule has 3 rings (SSSR count). The average Bonchev–Trinajstić information content (AvgIpc) is 3.15. The van der Waals surface area contributed by atoms with Gasteiger partial charge in [0.2, 0.25) is 11.8 Å². The number of anilines is 1. The minimum Gasteiger partial charge on any atom is -0.467 e. The summed E-state index contributed by atoms with van der Waals surface area (Å²) < 4.78 is 18.1. The number of benzene rings is 1. The summed E-state index contributed by atoms with van der Waals surface area (Å²) in [7, 11) is 0. The van der Waals surface area contributed by atoms with Gasteiger partial charge in [-0.15, -0.1) is 0 Å². The van der Waals surface area contributed by atoms with Crippen LogP contribution in [0.2, 0.25) is 0 Å². The smallest absolute Gasteiger partial charge is 0.227 e. The van der Waals surface area contributed by atoms with E-state index in [0.29, 0.717) is 24.5 Å². The molecule has 0 aliphatic carbocycles. The molecule has 5 nitrogen and oxygen atoms in total. The van der Waals surface area contributed by atoms with Gasteiger partial charge < -0.3 is 14.6 Å². The van der Waals surface area contributed by atoms with E-state index in [9.17, 15) is 14.0 Å². The van der Waals surface area contributed by atoms with Gasteiger partial charge in [0.05, 0.1) is 18.7 Å². The number of nitrogens with zero attached hydrogens (tertiary/aromatic N) is 1. The van der Waals surface area contributed by atoms with E-state index < -0.39 is 5.92 Å². The second-order valence-corrected chi connectivity index (χ2v) is 5.18. The molecule has 114 valence electrons. The Hall–Kier alpha value is -2.63. The molecular formula is C16H15FN2O3. The molecule has 1 aliphatic heterocycles. The molecule has 0 bridgehead atoms. The summed E-state index contributed by atoms with van der Waals surface area (Å²) in [5, 5.41) is 2.76. The maximum Gasteiger partial charge on any atom is 0.227 e. The van der Waals surface area contributed by atoms with Gasteiger partial charge >= 0.3 is 0 Å². The van der Waals surface area contributed by atoms with Crippen LogP contribution >= 0.6 is 0 Å². The molecule has 0 spiro atoms. The fourth-order valence-corrected chi connectivity index (χ4v) is 2.49. The highest BCUT2D eigenvalue weighted by atomic mass is 19.1. The van der Waals surface area contributed by atoms with E-state index >= 15 is 0 Å². The lowest BCUT2D eigenvalue weighted by molar-refractivity contribution is -0.126. The summed E-state index contributed by atoms with van der Waals surface area (Å²) in [6, 6.07) is 9.19. The maximum atomic E-state index is 12.9. The molecule has 1 saturated heterocycles. The zero-order valence-corrected chi connectivity index (χ0v) is 11.8. The normalized spacial score (nSPS) is 17.8. The molecule has 2 amide bonds. The fourth-order valence-electron chi connectivity index (χ4n) is 2.49. The van der Waals surface area contributed by atoms with Crippen LogP contribution in [0.25, 0.3) is 0 Å². The van der Waals surface area contributed by atoms with Gasteiger partial charge in [0.1, 0.15) is 11.6 Å². The monoisotopic (exact) mass is 302 g/mol. The summed E-state index contributed by atoms with van der Waals surface area (Å²) in [5.74, 6) is -0.428. The Morgan fingerprint density at radius 2 is 2.09 bits per heavy atom. The van der Waals surface area contributed by atoms with Gasteiger partial charge in [-0.05, 0) is 36.4 Å². The van der Waals surface area contributed by atoms with Gasteiger partial charge in [-0.1, -0.05) is 0 Å². The highest BCUT2D eigenvalue weighted by Crippen LogP contribution is 2.25. The molecular weight excluding hydrogens is 287 g/mol. The van der Waals surface area contributed by atoms with Crippen molar-refractivity contribution in [2.24, 2.45) is 5.92 Å². The first kappa shape index (κ1) is 14.3. The van der Waals surface area contributed by atoms with Crippen LogP contribution in [0.1, 0.15) is 12.2 Å². The molecule has 0 radical (unpaired) electrons. The van der Waals surface area contributed by atoms with Crippen LogP contribution < -0.4 is 10.2 Å². The Bertz CT molecular complexity index is 667. The quantitative estimate of drug-likeness (QED) is 0.940. The summed E-state index contributed by atoms with van der Waals surface area (Å²) >= 11 is 0. The molecule has 0 saturated carbocycles. The lowest BCUT2D eigenvalue weighted by Gasteiger charge is -2.16.